The molecule has 0 fully saturated rings. The highest BCUT2D eigenvalue weighted by Crippen LogP contribution is 1.98. The largest absolute Gasteiger partial charge is 0.474 e. The molecule has 9 heavy (non-hydrogen) atoms. The van der Waals surface area contributed by atoms with Gasteiger partial charge in [-0.15, -0.1) is 0 Å². The highest BCUT2D eigenvalue weighted by Gasteiger charge is 2.09. The molecule has 0 spiro atoms. The van der Waals surface area contributed by atoms with E-state index in [2.05, 4.69) is 14.6 Å². The third kappa shape index (κ3) is 0.958. The van der Waals surface area contributed by atoms with Crippen LogP contribution in [-0.2, 0) is 0 Å². The Bertz CT molecular complexity index is 230. The van der Waals surface area contributed by atoms with Gasteiger partial charge in [0.1, 0.15) is 0 Å². The zero-order chi connectivity index (χ0) is 6.85. The van der Waals surface area contributed by atoms with E-state index in [1.165, 1.54) is 0 Å². The van der Waals surface area contributed by atoms with E-state index in [1.807, 2.05) is 0 Å². The smallest absolute Gasteiger partial charge is 0.393 e. The number of hydrogen-bond acceptors (Lipinski definition) is 5. The summed E-state index contributed by atoms with van der Waals surface area (Å²) < 4.78 is 4.30. The fraction of sp³-hybridized carbons (Fsp3) is 0. The summed E-state index contributed by atoms with van der Waals surface area (Å²) in [5.41, 5.74) is 4.91. The Morgan fingerprint density at radius 1 is 1.67 bits per heavy atom. The molecule has 6 heteroatoms. The van der Waals surface area contributed by atoms with Gasteiger partial charge in [0.15, 0.2) is 0 Å². The van der Waals surface area contributed by atoms with Crippen molar-refractivity contribution in [1.82, 2.24) is 10.2 Å². The Morgan fingerprint density at radius 2 is 2.33 bits per heavy atom. The van der Waals surface area contributed by atoms with E-state index in [-0.39, 0.29) is 6.01 Å². The summed E-state index contributed by atoms with van der Waals surface area (Å²) in [7, 11) is 0. The van der Waals surface area contributed by atoms with Crippen LogP contribution < -0.4 is 5.73 Å². The first kappa shape index (κ1) is 5.54. The fourth-order valence-electron chi connectivity index (χ4n) is 0.321. The van der Waals surface area contributed by atoms with Crippen LogP contribution in [0.2, 0.25) is 0 Å². The third-order valence-electron chi connectivity index (χ3n) is 0.624. The van der Waals surface area contributed by atoms with Crippen LogP contribution in [0, 0.1) is 0 Å². The maximum Gasteiger partial charge on any atom is 0.393 e. The van der Waals surface area contributed by atoms with E-state index in [4.69, 9.17) is 10.8 Å². The monoisotopic (exact) mass is 129 g/mol. The minimum Gasteiger partial charge on any atom is -0.474 e. The molecule has 0 aliphatic carbocycles. The van der Waals surface area contributed by atoms with Crippen molar-refractivity contribution < 1.29 is 14.3 Å². The van der Waals surface area contributed by atoms with Crippen LogP contribution in [0.15, 0.2) is 4.42 Å². The molecular formula is C3H3N3O3. The molecule has 0 unspecified atom stereocenters. The summed E-state index contributed by atoms with van der Waals surface area (Å²) in [5.74, 6) is -1.77. The summed E-state index contributed by atoms with van der Waals surface area (Å²) >= 11 is 0. The number of rotatable bonds is 1. The number of nitrogens with two attached hydrogens (primary N) is 1. The third-order valence-corrected chi connectivity index (χ3v) is 0.624. The Morgan fingerprint density at radius 3 is 2.56 bits per heavy atom. The average Bonchev–Trinajstić information content (AvgIpc) is 2.14. The van der Waals surface area contributed by atoms with Crippen molar-refractivity contribution in [3.8, 4) is 0 Å². The van der Waals surface area contributed by atoms with Gasteiger partial charge in [0, 0.05) is 0 Å². The van der Waals surface area contributed by atoms with Gasteiger partial charge in [-0.05, 0) is 0 Å². The van der Waals surface area contributed by atoms with Crippen molar-refractivity contribution >= 4 is 12.0 Å². The molecule has 0 aliphatic rings. The number of nitrogen functional groups attached to an aromatic ring is 1. The van der Waals surface area contributed by atoms with E-state index in [0.717, 1.165) is 0 Å². The van der Waals surface area contributed by atoms with E-state index in [0.29, 0.717) is 0 Å². The van der Waals surface area contributed by atoms with Gasteiger partial charge in [-0.3, -0.25) is 0 Å². The van der Waals surface area contributed by atoms with Gasteiger partial charge >= 0.3 is 17.9 Å². The highest BCUT2D eigenvalue weighted by molar-refractivity contribution is 5.81. The van der Waals surface area contributed by atoms with Gasteiger partial charge < -0.3 is 15.3 Å². The Labute approximate surface area is 49.3 Å². The van der Waals surface area contributed by atoms with E-state index in [9.17, 15) is 4.79 Å². The highest BCUT2D eigenvalue weighted by atomic mass is 16.4. The van der Waals surface area contributed by atoms with Crippen molar-refractivity contribution in [2.24, 2.45) is 0 Å². The normalized spacial score (nSPS) is 9.33. The first-order valence-corrected chi connectivity index (χ1v) is 2.02. The molecule has 6 nitrogen and oxygen atoms in total. The van der Waals surface area contributed by atoms with E-state index in [1.54, 1.807) is 0 Å². The van der Waals surface area contributed by atoms with Crippen LogP contribution in [0.3, 0.4) is 0 Å². The molecule has 0 bridgehead atoms. The first-order valence-electron chi connectivity index (χ1n) is 2.02. The summed E-state index contributed by atoms with van der Waals surface area (Å²) in [4.78, 5) is 9.96. The molecule has 0 aromatic carbocycles. The minimum absolute atomic E-state index is 0.243. The molecule has 1 aromatic heterocycles. The second-order valence-electron chi connectivity index (χ2n) is 1.25. The van der Waals surface area contributed by atoms with Crippen molar-refractivity contribution in [3.05, 3.63) is 5.89 Å². The lowest BCUT2D eigenvalue weighted by Crippen LogP contribution is -1.95. The fourth-order valence-corrected chi connectivity index (χ4v) is 0.321. The van der Waals surface area contributed by atoms with Crippen molar-refractivity contribution in [2.75, 3.05) is 5.73 Å². The second kappa shape index (κ2) is 1.73. The van der Waals surface area contributed by atoms with Crippen LogP contribution in [-0.4, -0.2) is 21.3 Å². The molecule has 0 atom stereocenters. The zero-order valence-electron chi connectivity index (χ0n) is 4.24. The SMILES string of the molecule is Nc1nnc(C(=O)O)o1. The number of carbonyl (C=O) groups is 1. The Balaban J connectivity index is 2.98. The van der Waals surface area contributed by atoms with Crippen molar-refractivity contribution in [2.45, 2.75) is 0 Å². The molecule has 1 heterocycles. The number of aromatic nitrogens is 2. The second-order valence-corrected chi connectivity index (χ2v) is 1.25. The zero-order valence-corrected chi connectivity index (χ0v) is 4.24. The predicted molar refractivity (Wildman–Crippen MR) is 25.7 cm³/mol. The molecule has 0 radical (unpaired) electrons. The molecule has 1 aromatic rings. The number of aromatic carboxylic acids is 1. The first-order chi connectivity index (χ1) is 4.20. The quantitative estimate of drug-likeness (QED) is 0.522. The number of anilines is 1. The molecule has 1 rings (SSSR count). The average molecular weight is 129 g/mol. The van der Waals surface area contributed by atoms with Crippen LogP contribution in [0.25, 0.3) is 0 Å². The molecule has 0 aliphatic heterocycles. The Kier molecular flexibility index (Phi) is 1.07. The van der Waals surface area contributed by atoms with Crippen LogP contribution in [0.5, 0.6) is 0 Å². The van der Waals surface area contributed by atoms with Crippen LogP contribution in [0.1, 0.15) is 10.7 Å². The van der Waals surface area contributed by atoms with Gasteiger partial charge in [-0.1, -0.05) is 10.2 Å². The molecule has 0 amide bonds. The number of hydrogen-bond donors (Lipinski definition) is 2. The number of nitrogens with zero attached hydrogens (tertiary/aromatic N) is 2. The summed E-state index contributed by atoms with van der Waals surface area (Å²) in [6, 6.07) is -0.243. The standard InChI is InChI=1S/C3H3N3O3/c4-3-6-5-1(9-3)2(7)8/h(H2,4,6)(H,7,8). The van der Waals surface area contributed by atoms with Crippen molar-refractivity contribution in [3.63, 3.8) is 0 Å². The van der Waals surface area contributed by atoms with Gasteiger partial charge in [0.05, 0.1) is 0 Å². The van der Waals surface area contributed by atoms with E-state index < -0.39 is 11.9 Å². The minimum atomic E-state index is -1.28. The number of carboxylic acids is 1. The number of carboxylic acid groups (broad SMARTS) is 1. The maximum absolute atomic E-state index is 9.96. The molecule has 0 saturated heterocycles. The van der Waals surface area contributed by atoms with E-state index >= 15 is 0 Å². The lowest BCUT2D eigenvalue weighted by atomic mass is 10.7. The Hall–Kier alpha value is -1.59. The van der Waals surface area contributed by atoms with Crippen molar-refractivity contribution in [1.29, 1.82) is 0 Å². The molecule has 3 N–H and O–H groups in total. The molecule has 48 valence electrons. The lowest BCUT2D eigenvalue weighted by Gasteiger charge is -1.77. The molecule has 0 saturated carbocycles. The van der Waals surface area contributed by atoms with Crippen LogP contribution in [0.4, 0.5) is 6.01 Å². The van der Waals surface area contributed by atoms with Gasteiger partial charge in [0.25, 0.3) is 0 Å². The van der Waals surface area contributed by atoms with Gasteiger partial charge in [-0.2, -0.15) is 0 Å². The van der Waals surface area contributed by atoms with Gasteiger partial charge in [0.2, 0.25) is 0 Å². The summed E-state index contributed by atoms with van der Waals surface area (Å²) in [6.45, 7) is 0. The van der Waals surface area contributed by atoms with Crippen LogP contribution >= 0.6 is 0 Å². The summed E-state index contributed by atoms with van der Waals surface area (Å²) in [6.07, 6.45) is 0. The molecular weight excluding hydrogens is 126 g/mol. The van der Waals surface area contributed by atoms with Gasteiger partial charge in [-0.25, -0.2) is 4.79 Å². The topological polar surface area (TPSA) is 102 Å². The predicted octanol–water partition coefficient (Wildman–Crippen LogP) is -0.650. The summed E-state index contributed by atoms with van der Waals surface area (Å²) in [5, 5.41) is 14.3. The lowest BCUT2D eigenvalue weighted by molar-refractivity contribution is 0.0654. The maximum atomic E-state index is 9.96.